The third-order valence-electron chi connectivity index (χ3n) is 5.75. The van der Waals surface area contributed by atoms with Crippen LogP contribution in [0.15, 0.2) is 48.8 Å². The van der Waals surface area contributed by atoms with Crippen molar-refractivity contribution >= 4 is 27.8 Å². The largest absolute Gasteiger partial charge is 0.505 e. The molecule has 2 aromatic heterocycles. The highest BCUT2D eigenvalue weighted by Crippen LogP contribution is 2.46. The van der Waals surface area contributed by atoms with E-state index >= 15 is 0 Å². The van der Waals surface area contributed by atoms with Crippen LogP contribution in [0.25, 0.3) is 21.7 Å². The lowest BCUT2D eigenvalue weighted by molar-refractivity contribution is 0.163. The van der Waals surface area contributed by atoms with Gasteiger partial charge in [-0.1, -0.05) is 12.1 Å². The smallest absolute Gasteiger partial charge is 0.415 e. The van der Waals surface area contributed by atoms with Crippen molar-refractivity contribution < 1.29 is 24.1 Å². The Morgan fingerprint density at radius 2 is 2.00 bits per heavy atom. The van der Waals surface area contributed by atoms with Gasteiger partial charge in [0, 0.05) is 36.9 Å². The van der Waals surface area contributed by atoms with E-state index in [1.165, 1.54) is 27.8 Å². The van der Waals surface area contributed by atoms with Gasteiger partial charge in [0.1, 0.15) is 11.3 Å². The van der Waals surface area contributed by atoms with Crippen molar-refractivity contribution in [3.8, 4) is 17.4 Å². The number of amides is 1. The first kappa shape index (κ1) is 20.1. The molecule has 0 radical (unpaired) electrons. The summed E-state index contributed by atoms with van der Waals surface area (Å²) in [6, 6.07) is 9.14. The summed E-state index contributed by atoms with van der Waals surface area (Å²) in [5, 5.41) is 22.7. The van der Waals surface area contributed by atoms with Crippen LogP contribution >= 0.6 is 0 Å². The van der Waals surface area contributed by atoms with E-state index in [4.69, 9.17) is 10.5 Å². The van der Waals surface area contributed by atoms with Gasteiger partial charge in [-0.25, -0.2) is 9.18 Å². The lowest BCUT2D eigenvalue weighted by atomic mass is 10.1. The van der Waals surface area contributed by atoms with Crippen LogP contribution in [0.3, 0.4) is 0 Å². The van der Waals surface area contributed by atoms with Crippen LogP contribution in [0.1, 0.15) is 12.0 Å². The van der Waals surface area contributed by atoms with E-state index in [-0.39, 0.29) is 46.7 Å². The predicted molar refractivity (Wildman–Crippen MR) is 116 cm³/mol. The molecule has 5 rings (SSSR count). The van der Waals surface area contributed by atoms with Gasteiger partial charge in [-0.15, -0.1) is 0 Å². The highest BCUT2D eigenvalue weighted by molar-refractivity contribution is 6.12. The molecule has 0 spiro atoms. The van der Waals surface area contributed by atoms with Gasteiger partial charge in [0.15, 0.2) is 11.5 Å². The normalized spacial score (nSPS) is 16.2. The Balaban J connectivity index is 1.64. The average molecular weight is 436 g/mol. The summed E-state index contributed by atoms with van der Waals surface area (Å²) in [6.45, 7) is 1.11. The SMILES string of the molecule is NC1CCN(C(=O)Oc2c3cccnc3c(O)c3c(O)n(Cc4ccc(F)cc4)cc23)C1. The number of halogens is 1. The van der Waals surface area contributed by atoms with Gasteiger partial charge in [-0.2, -0.15) is 0 Å². The molecule has 164 valence electrons. The van der Waals surface area contributed by atoms with Gasteiger partial charge < -0.3 is 30.2 Å². The lowest BCUT2D eigenvalue weighted by Gasteiger charge is -2.17. The molecule has 0 saturated carbocycles. The molecule has 1 unspecified atom stereocenters. The zero-order valence-electron chi connectivity index (χ0n) is 17.0. The number of nitrogens with two attached hydrogens (primary N) is 1. The van der Waals surface area contributed by atoms with Crippen LogP contribution in [0.4, 0.5) is 9.18 Å². The Labute approximate surface area is 182 Å². The molecule has 3 heterocycles. The van der Waals surface area contributed by atoms with E-state index in [1.54, 1.807) is 30.5 Å². The van der Waals surface area contributed by atoms with Crippen LogP contribution in [0.5, 0.6) is 17.4 Å². The lowest BCUT2D eigenvalue weighted by Crippen LogP contribution is -2.34. The Hall–Kier alpha value is -3.85. The zero-order valence-corrected chi connectivity index (χ0v) is 17.0. The van der Waals surface area contributed by atoms with E-state index in [1.807, 2.05) is 0 Å². The van der Waals surface area contributed by atoms with Crippen molar-refractivity contribution in [1.82, 2.24) is 14.5 Å². The quantitative estimate of drug-likeness (QED) is 0.454. The summed E-state index contributed by atoms with van der Waals surface area (Å²) in [5.41, 5.74) is 6.86. The van der Waals surface area contributed by atoms with Crippen LogP contribution in [-0.4, -0.2) is 49.9 Å². The van der Waals surface area contributed by atoms with Crippen molar-refractivity contribution in [2.45, 2.75) is 19.0 Å². The topological polar surface area (TPSA) is 114 Å². The number of hydrogen-bond acceptors (Lipinski definition) is 6. The number of aromatic nitrogens is 2. The second-order valence-corrected chi connectivity index (χ2v) is 7.94. The summed E-state index contributed by atoms with van der Waals surface area (Å²) >= 11 is 0. The third-order valence-corrected chi connectivity index (χ3v) is 5.75. The van der Waals surface area contributed by atoms with E-state index in [0.717, 1.165) is 5.56 Å². The maximum atomic E-state index is 13.3. The molecule has 1 fully saturated rings. The highest BCUT2D eigenvalue weighted by Gasteiger charge is 2.28. The minimum absolute atomic E-state index is 0.0957. The number of fused-ring (bicyclic) bond motifs is 2. The van der Waals surface area contributed by atoms with Crippen LogP contribution in [0, 0.1) is 5.82 Å². The van der Waals surface area contributed by atoms with Crippen molar-refractivity contribution in [3.05, 3.63) is 60.2 Å². The molecule has 1 aliphatic rings. The molecule has 0 bridgehead atoms. The first-order valence-electron chi connectivity index (χ1n) is 10.2. The fourth-order valence-electron chi connectivity index (χ4n) is 4.11. The zero-order chi connectivity index (χ0) is 22.4. The van der Waals surface area contributed by atoms with E-state index in [0.29, 0.717) is 30.3 Å². The van der Waals surface area contributed by atoms with Gasteiger partial charge in [0.05, 0.1) is 17.3 Å². The number of likely N-dealkylation sites (tertiary alicyclic amines) is 1. The first-order valence-corrected chi connectivity index (χ1v) is 10.2. The molecular formula is C23H21FN4O4. The summed E-state index contributed by atoms with van der Waals surface area (Å²) in [7, 11) is 0. The fraction of sp³-hybridized carbons (Fsp3) is 0.217. The van der Waals surface area contributed by atoms with Crippen molar-refractivity contribution in [1.29, 1.82) is 0 Å². The summed E-state index contributed by atoms with van der Waals surface area (Å²) in [6.07, 6.45) is 3.24. The van der Waals surface area contributed by atoms with Gasteiger partial charge >= 0.3 is 6.09 Å². The molecule has 32 heavy (non-hydrogen) atoms. The molecule has 1 aliphatic heterocycles. The molecule has 1 saturated heterocycles. The summed E-state index contributed by atoms with van der Waals surface area (Å²) in [5.74, 6) is -0.593. The van der Waals surface area contributed by atoms with Crippen LogP contribution in [0.2, 0.25) is 0 Å². The molecule has 2 aromatic carbocycles. The fourth-order valence-corrected chi connectivity index (χ4v) is 4.11. The molecule has 8 nitrogen and oxygen atoms in total. The minimum atomic E-state index is -0.555. The third kappa shape index (κ3) is 3.36. The Morgan fingerprint density at radius 1 is 1.22 bits per heavy atom. The predicted octanol–water partition coefficient (Wildman–Crippen LogP) is 3.32. The molecule has 9 heteroatoms. The second-order valence-electron chi connectivity index (χ2n) is 7.94. The van der Waals surface area contributed by atoms with Gasteiger partial charge in [0.25, 0.3) is 0 Å². The van der Waals surface area contributed by atoms with Crippen molar-refractivity contribution in [3.63, 3.8) is 0 Å². The Kier molecular flexibility index (Phi) is 4.82. The number of carbonyl (C=O) groups is 1. The molecule has 4 aromatic rings. The van der Waals surface area contributed by atoms with Gasteiger partial charge in [0.2, 0.25) is 5.88 Å². The standard InChI is InChI=1S/C23H21FN4O4/c24-14-5-3-13(4-6-14)10-28-12-17-18(22(28)30)20(29)19-16(2-1-8-26-19)21(17)32-23(31)27-9-7-15(25)11-27/h1-6,8,12,15,29-30H,7,9-11,25H2. The Morgan fingerprint density at radius 3 is 2.72 bits per heavy atom. The number of phenols is 1. The minimum Gasteiger partial charge on any atom is -0.505 e. The van der Waals surface area contributed by atoms with Crippen molar-refractivity contribution in [2.24, 2.45) is 5.73 Å². The maximum absolute atomic E-state index is 13.3. The second kappa shape index (κ2) is 7.69. The van der Waals surface area contributed by atoms with Gasteiger partial charge in [-0.05, 0) is 36.2 Å². The molecule has 4 N–H and O–H groups in total. The highest BCUT2D eigenvalue weighted by atomic mass is 19.1. The molecule has 1 amide bonds. The number of pyridine rings is 1. The number of carbonyl (C=O) groups excluding carboxylic acids is 1. The summed E-state index contributed by atoms with van der Waals surface area (Å²) < 4.78 is 20.5. The monoisotopic (exact) mass is 436 g/mol. The van der Waals surface area contributed by atoms with Crippen LogP contribution in [-0.2, 0) is 6.54 Å². The number of rotatable bonds is 3. The van der Waals surface area contributed by atoms with E-state index < -0.39 is 6.09 Å². The number of aromatic hydroxyl groups is 2. The number of benzene rings is 2. The van der Waals surface area contributed by atoms with Gasteiger partial charge in [-0.3, -0.25) is 4.98 Å². The maximum Gasteiger partial charge on any atom is 0.415 e. The molecule has 1 atom stereocenters. The van der Waals surface area contributed by atoms with E-state index in [9.17, 15) is 19.4 Å². The van der Waals surface area contributed by atoms with Crippen molar-refractivity contribution in [2.75, 3.05) is 13.1 Å². The Bertz CT molecular complexity index is 1340. The molecule has 0 aliphatic carbocycles. The first-order chi connectivity index (χ1) is 15.4. The summed E-state index contributed by atoms with van der Waals surface area (Å²) in [4.78, 5) is 18.6. The van der Waals surface area contributed by atoms with Crippen LogP contribution < -0.4 is 10.5 Å². The number of hydrogen-bond donors (Lipinski definition) is 3. The number of ether oxygens (including phenoxy) is 1. The number of nitrogens with zero attached hydrogens (tertiary/aromatic N) is 3. The average Bonchev–Trinajstić information content (AvgIpc) is 3.36. The van der Waals surface area contributed by atoms with E-state index in [2.05, 4.69) is 4.98 Å². The molecular weight excluding hydrogens is 415 g/mol. The number of phenolic OH excluding ortho intramolecular Hbond substituents is 1.